The molecule has 1 aliphatic carbocycles. The highest BCUT2D eigenvalue weighted by Gasteiger charge is 2.31. The van der Waals surface area contributed by atoms with Gasteiger partial charge >= 0.3 is 0 Å². The van der Waals surface area contributed by atoms with E-state index in [0.717, 1.165) is 51.3 Å². The van der Waals surface area contributed by atoms with Gasteiger partial charge in [-0.25, -0.2) is 9.97 Å². The summed E-state index contributed by atoms with van der Waals surface area (Å²) < 4.78 is 9.81. The van der Waals surface area contributed by atoms with E-state index >= 15 is 0 Å². The summed E-state index contributed by atoms with van der Waals surface area (Å²) in [5.41, 5.74) is 5.36. The molecular formula is C36H43N7O2S. The standard InChI is InChI=1S/C36H43N7O2S/c1-23-9-7-10-24(2)33(23)30-16-32-40-35(39-30)41-46-29-12-8-11-26(15-29)34(44)43(28(22-45-32)17-36(3,4)5)21-27-18-37-19-31(38-27)42(6)20-25-13-14-25/h7-12,15-16,18-19,25,28H,13-14,17,20-22H2,1-6H3,(H,39,40,41)/t28-/m1/s1. The molecular weight excluding hydrogens is 595 g/mol. The molecule has 2 aromatic heterocycles. The smallest absolute Gasteiger partial charge is 0.254 e. The zero-order chi connectivity index (χ0) is 32.4. The monoisotopic (exact) mass is 637 g/mol. The normalized spacial score (nSPS) is 16.9. The first-order chi connectivity index (χ1) is 22.0. The number of hydrogen-bond acceptors (Lipinski definition) is 9. The van der Waals surface area contributed by atoms with Crippen molar-refractivity contribution < 1.29 is 9.53 Å². The maximum atomic E-state index is 14.4. The van der Waals surface area contributed by atoms with Gasteiger partial charge in [-0.05, 0) is 85.7 Å². The Labute approximate surface area is 276 Å². The fourth-order valence-electron chi connectivity index (χ4n) is 5.98. The topological polar surface area (TPSA) is 96.4 Å². The van der Waals surface area contributed by atoms with E-state index in [0.29, 0.717) is 30.4 Å². The van der Waals surface area contributed by atoms with Crippen LogP contribution in [-0.2, 0) is 6.54 Å². The number of rotatable bonds is 7. The molecule has 240 valence electrons. The van der Waals surface area contributed by atoms with Crippen molar-refractivity contribution in [3.63, 3.8) is 0 Å². The van der Waals surface area contributed by atoms with Gasteiger partial charge in [-0.1, -0.05) is 45.0 Å². The summed E-state index contributed by atoms with van der Waals surface area (Å²) in [7, 11) is 2.06. The van der Waals surface area contributed by atoms with Crippen LogP contribution >= 0.6 is 11.9 Å². The number of ether oxygens (including phenoxy) is 1. The molecule has 1 saturated carbocycles. The molecule has 1 amide bonds. The van der Waals surface area contributed by atoms with Crippen molar-refractivity contribution in [1.29, 1.82) is 0 Å². The number of fused-ring (bicyclic) bond motifs is 4. The number of benzene rings is 2. The van der Waals surface area contributed by atoms with Gasteiger partial charge in [-0.3, -0.25) is 14.5 Å². The minimum absolute atomic E-state index is 0.0768. The lowest BCUT2D eigenvalue weighted by Crippen LogP contribution is -2.45. The number of aromatic nitrogens is 4. The maximum absolute atomic E-state index is 14.4. The van der Waals surface area contributed by atoms with Gasteiger partial charge in [0.2, 0.25) is 11.8 Å². The molecule has 3 heterocycles. The van der Waals surface area contributed by atoms with E-state index < -0.39 is 0 Å². The number of nitrogens with zero attached hydrogens (tertiary/aromatic N) is 6. The van der Waals surface area contributed by atoms with E-state index in [-0.39, 0.29) is 24.0 Å². The quantitative estimate of drug-likeness (QED) is 0.209. The molecule has 4 bridgehead atoms. The predicted molar refractivity (Wildman–Crippen MR) is 184 cm³/mol. The van der Waals surface area contributed by atoms with Crippen molar-refractivity contribution >= 4 is 29.6 Å². The number of nitrogens with one attached hydrogen (secondary N) is 1. The number of amides is 1. The molecule has 1 fully saturated rings. The van der Waals surface area contributed by atoms with E-state index in [2.05, 4.69) is 74.5 Å². The van der Waals surface area contributed by atoms with Gasteiger partial charge in [0.15, 0.2) is 0 Å². The first kappa shape index (κ1) is 31.8. The maximum Gasteiger partial charge on any atom is 0.254 e. The van der Waals surface area contributed by atoms with Crippen LogP contribution in [-0.4, -0.2) is 57.0 Å². The minimum Gasteiger partial charge on any atom is -0.475 e. The summed E-state index contributed by atoms with van der Waals surface area (Å²) in [6.45, 7) is 12.3. The predicted octanol–water partition coefficient (Wildman–Crippen LogP) is 7.36. The summed E-state index contributed by atoms with van der Waals surface area (Å²) in [6.07, 6.45) is 6.81. The second-order valence-electron chi connectivity index (χ2n) is 13.8. The second kappa shape index (κ2) is 13.3. The molecule has 2 aliphatic rings. The lowest BCUT2D eigenvalue weighted by Gasteiger charge is -2.35. The lowest BCUT2D eigenvalue weighted by atomic mass is 9.87. The van der Waals surface area contributed by atoms with Gasteiger partial charge in [0.05, 0.1) is 36.4 Å². The Morgan fingerprint density at radius 3 is 2.52 bits per heavy atom. The zero-order valence-corrected chi connectivity index (χ0v) is 28.4. The van der Waals surface area contributed by atoms with Crippen molar-refractivity contribution in [2.75, 3.05) is 29.8 Å². The van der Waals surface area contributed by atoms with Crippen LogP contribution in [0.3, 0.4) is 0 Å². The van der Waals surface area contributed by atoms with Gasteiger partial charge in [0.25, 0.3) is 5.91 Å². The SMILES string of the molecule is Cc1cccc(C)c1-c1cc2nc(n1)NSc1cccc(c1)C(=O)N(Cc1cncc(N(C)CC3CC3)n1)[C@H](CC(C)(C)C)CO2. The molecule has 0 saturated heterocycles. The van der Waals surface area contributed by atoms with E-state index in [1.54, 1.807) is 12.4 Å². The fraction of sp³-hybridized carbons (Fsp3) is 0.417. The van der Waals surface area contributed by atoms with Crippen molar-refractivity contribution in [3.8, 4) is 17.1 Å². The van der Waals surface area contributed by atoms with Crippen LogP contribution in [0.15, 0.2) is 65.8 Å². The van der Waals surface area contributed by atoms with Crippen LogP contribution < -0.4 is 14.4 Å². The molecule has 10 heteroatoms. The highest BCUT2D eigenvalue weighted by Crippen LogP contribution is 2.33. The van der Waals surface area contributed by atoms with E-state index in [1.165, 1.54) is 24.8 Å². The van der Waals surface area contributed by atoms with Gasteiger partial charge in [0, 0.05) is 35.7 Å². The Morgan fingerprint density at radius 2 is 1.78 bits per heavy atom. The van der Waals surface area contributed by atoms with Crippen LogP contribution in [0.25, 0.3) is 11.3 Å². The molecule has 0 spiro atoms. The van der Waals surface area contributed by atoms with Crippen LogP contribution in [0.5, 0.6) is 5.88 Å². The van der Waals surface area contributed by atoms with Crippen LogP contribution in [0.1, 0.15) is 67.2 Å². The Balaban J connectivity index is 1.40. The number of carbonyl (C=O) groups excluding carboxylic acids is 1. The molecule has 46 heavy (non-hydrogen) atoms. The Bertz CT molecular complexity index is 1700. The Morgan fingerprint density at radius 1 is 1.02 bits per heavy atom. The third-order valence-electron chi connectivity index (χ3n) is 8.38. The van der Waals surface area contributed by atoms with Crippen molar-refractivity contribution in [2.45, 2.75) is 71.4 Å². The minimum atomic E-state index is -0.269. The molecule has 9 nitrogen and oxygen atoms in total. The Kier molecular flexibility index (Phi) is 9.18. The molecule has 0 radical (unpaired) electrons. The Hall–Kier alpha value is -4.18. The molecule has 6 rings (SSSR count). The van der Waals surface area contributed by atoms with Gasteiger partial charge < -0.3 is 14.5 Å². The van der Waals surface area contributed by atoms with Crippen molar-refractivity contribution in [2.24, 2.45) is 11.3 Å². The molecule has 4 aromatic rings. The summed E-state index contributed by atoms with van der Waals surface area (Å²) in [5, 5.41) is 0. The third kappa shape index (κ3) is 7.78. The van der Waals surface area contributed by atoms with E-state index in [4.69, 9.17) is 19.7 Å². The molecule has 2 aromatic carbocycles. The van der Waals surface area contributed by atoms with Crippen LogP contribution in [0.4, 0.5) is 11.8 Å². The van der Waals surface area contributed by atoms with E-state index in [1.807, 2.05) is 35.2 Å². The first-order valence-electron chi connectivity index (χ1n) is 16.0. The van der Waals surface area contributed by atoms with Crippen molar-refractivity contribution in [1.82, 2.24) is 24.8 Å². The van der Waals surface area contributed by atoms with Crippen molar-refractivity contribution in [3.05, 3.63) is 83.3 Å². The average Bonchev–Trinajstić information content (AvgIpc) is 3.84. The van der Waals surface area contributed by atoms with Crippen LogP contribution in [0, 0.1) is 25.2 Å². The van der Waals surface area contributed by atoms with Gasteiger partial charge in [0.1, 0.15) is 12.4 Å². The molecule has 1 aliphatic heterocycles. The summed E-state index contributed by atoms with van der Waals surface area (Å²) in [4.78, 5) is 38.5. The summed E-state index contributed by atoms with van der Waals surface area (Å²) in [6, 6.07) is 15.5. The fourth-order valence-corrected chi connectivity index (χ4v) is 6.61. The van der Waals surface area contributed by atoms with Crippen LogP contribution in [0.2, 0.25) is 0 Å². The average molecular weight is 638 g/mol. The summed E-state index contributed by atoms with van der Waals surface area (Å²) >= 11 is 1.37. The highest BCUT2D eigenvalue weighted by atomic mass is 32.2. The molecule has 1 N–H and O–H groups in total. The van der Waals surface area contributed by atoms with E-state index in [9.17, 15) is 4.79 Å². The highest BCUT2D eigenvalue weighted by molar-refractivity contribution is 8.00. The molecule has 0 unspecified atom stereocenters. The third-order valence-corrected chi connectivity index (χ3v) is 9.15. The number of anilines is 2. The summed E-state index contributed by atoms with van der Waals surface area (Å²) in [5.74, 6) is 2.37. The number of hydrogen-bond donors (Lipinski definition) is 1. The zero-order valence-electron chi connectivity index (χ0n) is 27.6. The number of carbonyl (C=O) groups is 1. The lowest BCUT2D eigenvalue weighted by molar-refractivity contribution is 0.0509. The largest absolute Gasteiger partial charge is 0.475 e. The van der Waals surface area contributed by atoms with Gasteiger partial charge in [-0.2, -0.15) is 4.98 Å². The second-order valence-corrected chi connectivity index (χ2v) is 14.6. The number of aryl methyl sites for hydroxylation is 2. The first-order valence-corrected chi connectivity index (χ1v) is 16.8. The molecule has 1 atom stereocenters. The van der Waals surface area contributed by atoms with Gasteiger partial charge in [-0.15, -0.1) is 0 Å².